The maximum atomic E-state index is 13.0. The number of piperidine rings is 1. The topological polar surface area (TPSA) is 95.7 Å². The smallest absolute Gasteiger partial charge is 0.231 e. The normalized spacial score (nSPS) is 22.5. The van der Waals surface area contributed by atoms with Crippen LogP contribution in [0.15, 0.2) is 18.6 Å². The summed E-state index contributed by atoms with van der Waals surface area (Å²) in [5.74, 6) is 0.739. The molecule has 8 heteroatoms. The van der Waals surface area contributed by atoms with Gasteiger partial charge < -0.3 is 15.5 Å². The van der Waals surface area contributed by atoms with Gasteiger partial charge in [0.2, 0.25) is 11.8 Å². The minimum Gasteiger partial charge on any atom is -0.369 e. The largest absolute Gasteiger partial charge is 0.369 e. The Morgan fingerprint density at radius 2 is 2.00 bits per heavy atom. The average Bonchev–Trinajstić information content (AvgIpc) is 2.87. The Bertz CT molecular complexity index is 596. The van der Waals surface area contributed by atoms with Crippen molar-refractivity contribution in [1.29, 1.82) is 0 Å². The number of amides is 2. The number of carbonyl (C=O) groups is 2. The van der Waals surface area contributed by atoms with Crippen molar-refractivity contribution in [1.82, 2.24) is 19.8 Å². The predicted molar refractivity (Wildman–Crippen MR) is 93.8 cm³/mol. The average molecular weight is 346 g/mol. The van der Waals surface area contributed by atoms with Crippen LogP contribution in [0.3, 0.4) is 0 Å². The molecular weight excluding hydrogens is 320 g/mol. The molecule has 2 amide bonds. The van der Waals surface area contributed by atoms with Gasteiger partial charge in [0.25, 0.3) is 0 Å². The van der Waals surface area contributed by atoms with Crippen molar-refractivity contribution < 1.29 is 9.59 Å². The van der Waals surface area contributed by atoms with E-state index in [4.69, 9.17) is 5.73 Å². The van der Waals surface area contributed by atoms with Crippen LogP contribution in [0, 0.1) is 5.92 Å². The number of nitrogens with two attached hydrogens (primary N) is 1. The van der Waals surface area contributed by atoms with E-state index in [0.29, 0.717) is 19.6 Å². The fourth-order valence-electron chi connectivity index (χ4n) is 3.67. The van der Waals surface area contributed by atoms with E-state index in [1.165, 1.54) is 0 Å². The van der Waals surface area contributed by atoms with Crippen molar-refractivity contribution in [3.8, 4) is 0 Å². The molecule has 0 bridgehead atoms. The summed E-state index contributed by atoms with van der Waals surface area (Å²) in [5, 5.41) is 0. The van der Waals surface area contributed by atoms with E-state index in [1.807, 2.05) is 9.80 Å². The van der Waals surface area contributed by atoms with Gasteiger partial charge in [-0.3, -0.25) is 19.5 Å². The molecule has 2 N–H and O–H groups in total. The maximum absolute atomic E-state index is 13.0. The van der Waals surface area contributed by atoms with E-state index in [2.05, 4.69) is 14.9 Å². The zero-order chi connectivity index (χ0) is 17.6. The van der Waals surface area contributed by atoms with Crippen molar-refractivity contribution >= 4 is 17.6 Å². The standard InChI is InChI=1S/C17H26N6O2/c18-15(24)13-21-6-2-8-22(10-9-21)17(25)14-3-1-7-23(12-14)16-11-19-4-5-20-16/h4-5,11,14H,1-3,6-10,12-13H2,(H2,18,24)/t14-/m1/s1. The second-order valence-corrected chi connectivity index (χ2v) is 6.77. The summed E-state index contributed by atoms with van der Waals surface area (Å²) in [5.41, 5.74) is 5.28. The molecular formula is C17H26N6O2. The van der Waals surface area contributed by atoms with Gasteiger partial charge in [0, 0.05) is 51.7 Å². The molecule has 8 nitrogen and oxygen atoms in total. The first kappa shape index (κ1) is 17.6. The Labute approximate surface area is 148 Å². The molecule has 3 rings (SSSR count). The Morgan fingerprint density at radius 3 is 2.76 bits per heavy atom. The highest BCUT2D eigenvalue weighted by Crippen LogP contribution is 2.23. The molecule has 0 saturated carbocycles. The van der Waals surface area contributed by atoms with Crippen LogP contribution in [0.2, 0.25) is 0 Å². The third-order valence-electron chi connectivity index (χ3n) is 4.92. The summed E-state index contributed by atoms with van der Waals surface area (Å²) in [7, 11) is 0. The number of hydrogen-bond donors (Lipinski definition) is 1. The predicted octanol–water partition coefficient (Wildman–Crippen LogP) is -0.287. The van der Waals surface area contributed by atoms with E-state index in [9.17, 15) is 9.59 Å². The first-order valence-corrected chi connectivity index (χ1v) is 8.94. The molecule has 2 aliphatic heterocycles. The highest BCUT2D eigenvalue weighted by Gasteiger charge is 2.30. The van der Waals surface area contributed by atoms with Gasteiger partial charge in [-0.25, -0.2) is 4.98 Å². The Morgan fingerprint density at radius 1 is 1.12 bits per heavy atom. The third kappa shape index (κ3) is 4.66. The number of hydrogen-bond acceptors (Lipinski definition) is 6. The Kier molecular flexibility index (Phi) is 5.80. The number of anilines is 1. The lowest BCUT2D eigenvalue weighted by molar-refractivity contribution is -0.135. The summed E-state index contributed by atoms with van der Waals surface area (Å²) in [6.07, 6.45) is 7.86. The van der Waals surface area contributed by atoms with Crippen LogP contribution >= 0.6 is 0 Å². The van der Waals surface area contributed by atoms with Gasteiger partial charge in [-0.05, 0) is 19.3 Å². The van der Waals surface area contributed by atoms with E-state index in [1.54, 1.807) is 18.6 Å². The second kappa shape index (κ2) is 8.24. The summed E-state index contributed by atoms with van der Waals surface area (Å²) in [6.45, 7) is 4.79. The highest BCUT2D eigenvalue weighted by molar-refractivity contribution is 5.80. The van der Waals surface area contributed by atoms with Crippen molar-refractivity contribution in [2.24, 2.45) is 11.7 Å². The molecule has 1 aromatic rings. The molecule has 136 valence electrons. The molecule has 1 atom stereocenters. The van der Waals surface area contributed by atoms with Gasteiger partial charge in [0.15, 0.2) is 0 Å². The lowest BCUT2D eigenvalue weighted by Crippen LogP contribution is -2.46. The summed E-state index contributed by atoms with van der Waals surface area (Å²) in [6, 6.07) is 0. The van der Waals surface area contributed by atoms with Crippen LogP contribution in [0.1, 0.15) is 19.3 Å². The number of carbonyl (C=O) groups excluding carboxylic acids is 2. The van der Waals surface area contributed by atoms with Crippen LogP contribution in [-0.4, -0.2) is 77.4 Å². The molecule has 0 unspecified atom stereocenters. The molecule has 0 aromatic carbocycles. The van der Waals surface area contributed by atoms with Crippen LogP contribution in [0.5, 0.6) is 0 Å². The number of primary amides is 1. The lowest BCUT2D eigenvalue weighted by atomic mass is 9.96. The van der Waals surface area contributed by atoms with Crippen LogP contribution in [0.25, 0.3) is 0 Å². The van der Waals surface area contributed by atoms with E-state index >= 15 is 0 Å². The van der Waals surface area contributed by atoms with Crippen molar-refractivity contribution in [2.75, 3.05) is 50.7 Å². The fourth-order valence-corrected chi connectivity index (χ4v) is 3.67. The van der Waals surface area contributed by atoms with Crippen molar-refractivity contribution in [2.45, 2.75) is 19.3 Å². The van der Waals surface area contributed by atoms with Gasteiger partial charge in [-0.2, -0.15) is 0 Å². The third-order valence-corrected chi connectivity index (χ3v) is 4.92. The quantitative estimate of drug-likeness (QED) is 0.805. The SMILES string of the molecule is NC(=O)CN1CCCN(C(=O)[C@@H]2CCCN(c3cnccn3)C2)CC1. The monoisotopic (exact) mass is 346 g/mol. The number of rotatable bonds is 4. The van der Waals surface area contributed by atoms with E-state index in [-0.39, 0.29) is 24.3 Å². The van der Waals surface area contributed by atoms with Gasteiger partial charge >= 0.3 is 0 Å². The molecule has 2 aliphatic rings. The highest BCUT2D eigenvalue weighted by atomic mass is 16.2. The van der Waals surface area contributed by atoms with Crippen LogP contribution < -0.4 is 10.6 Å². The number of nitrogens with zero attached hydrogens (tertiary/aromatic N) is 5. The molecule has 1 aromatic heterocycles. The van der Waals surface area contributed by atoms with Crippen molar-refractivity contribution in [3.05, 3.63) is 18.6 Å². The molecule has 2 fully saturated rings. The van der Waals surface area contributed by atoms with E-state index in [0.717, 1.165) is 44.7 Å². The first-order valence-electron chi connectivity index (χ1n) is 8.94. The molecule has 0 aliphatic carbocycles. The van der Waals surface area contributed by atoms with Gasteiger partial charge in [0.1, 0.15) is 5.82 Å². The zero-order valence-corrected chi connectivity index (χ0v) is 14.5. The van der Waals surface area contributed by atoms with Gasteiger partial charge in [-0.15, -0.1) is 0 Å². The Hall–Kier alpha value is -2.22. The minimum absolute atomic E-state index is 0.00144. The van der Waals surface area contributed by atoms with Crippen molar-refractivity contribution in [3.63, 3.8) is 0 Å². The zero-order valence-electron chi connectivity index (χ0n) is 14.5. The Balaban J connectivity index is 1.57. The molecule has 0 spiro atoms. The van der Waals surface area contributed by atoms with Gasteiger partial charge in [0.05, 0.1) is 18.7 Å². The lowest BCUT2D eigenvalue weighted by Gasteiger charge is -2.35. The molecule has 2 saturated heterocycles. The molecule has 25 heavy (non-hydrogen) atoms. The minimum atomic E-state index is -0.313. The fraction of sp³-hybridized carbons (Fsp3) is 0.647. The molecule has 3 heterocycles. The number of aromatic nitrogens is 2. The first-order chi connectivity index (χ1) is 12.1. The summed E-state index contributed by atoms with van der Waals surface area (Å²) < 4.78 is 0. The molecule has 0 radical (unpaired) electrons. The van der Waals surface area contributed by atoms with Gasteiger partial charge in [-0.1, -0.05) is 0 Å². The maximum Gasteiger partial charge on any atom is 0.231 e. The summed E-state index contributed by atoms with van der Waals surface area (Å²) >= 11 is 0. The summed E-state index contributed by atoms with van der Waals surface area (Å²) in [4.78, 5) is 38.7. The van der Waals surface area contributed by atoms with Crippen LogP contribution in [-0.2, 0) is 9.59 Å². The van der Waals surface area contributed by atoms with Crippen LogP contribution in [0.4, 0.5) is 5.82 Å². The van der Waals surface area contributed by atoms with E-state index < -0.39 is 0 Å². The second-order valence-electron chi connectivity index (χ2n) is 6.77.